The van der Waals surface area contributed by atoms with Crippen LogP contribution in [-0.2, 0) is 11.2 Å². The highest BCUT2D eigenvalue weighted by Crippen LogP contribution is 2.38. The maximum Gasteiger partial charge on any atom is 0.251 e. The first kappa shape index (κ1) is 20.6. The molecule has 0 spiro atoms. The van der Waals surface area contributed by atoms with Crippen molar-refractivity contribution in [3.8, 4) is 11.5 Å². The van der Waals surface area contributed by atoms with E-state index in [1.165, 1.54) is 18.2 Å². The van der Waals surface area contributed by atoms with E-state index in [1.54, 1.807) is 6.07 Å². The molecule has 0 bridgehead atoms. The van der Waals surface area contributed by atoms with Crippen molar-refractivity contribution in [3.63, 3.8) is 0 Å². The van der Waals surface area contributed by atoms with Crippen LogP contribution in [0, 0.1) is 0 Å². The van der Waals surface area contributed by atoms with Crippen LogP contribution in [-0.4, -0.2) is 38.1 Å². The third-order valence-electron chi connectivity index (χ3n) is 3.98. The van der Waals surface area contributed by atoms with E-state index in [1.807, 2.05) is 6.07 Å². The highest BCUT2D eigenvalue weighted by atomic mass is 35.5. The van der Waals surface area contributed by atoms with E-state index < -0.39 is 5.91 Å². The van der Waals surface area contributed by atoms with Crippen molar-refractivity contribution in [2.24, 2.45) is 0 Å². The number of hydrogen-bond donors (Lipinski definition) is 2. The average Bonchev–Trinajstić information content (AvgIpc) is 2.68. The molecule has 148 valence electrons. The summed E-state index contributed by atoms with van der Waals surface area (Å²) in [5.41, 5.74) is 1.24. The zero-order valence-corrected chi connectivity index (χ0v) is 17.0. The quantitative estimate of drug-likeness (QED) is 0.716. The minimum absolute atomic E-state index is 0.152. The molecule has 0 aromatic heterocycles. The molecule has 0 unspecified atom stereocenters. The van der Waals surface area contributed by atoms with Crippen molar-refractivity contribution in [1.82, 2.24) is 10.6 Å². The van der Waals surface area contributed by atoms with E-state index in [2.05, 4.69) is 10.6 Å². The molecule has 0 saturated heterocycles. The summed E-state index contributed by atoms with van der Waals surface area (Å²) in [6.07, 6.45) is 0.558. The first-order valence-corrected chi connectivity index (χ1v) is 9.65. The minimum atomic E-state index is -0.410. The number of fused-ring (bicyclic) bond motifs is 1. The van der Waals surface area contributed by atoms with Gasteiger partial charge in [-0.05, 0) is 42.3 Å². The first-order valence-electron chi connectivity index (χ1n) is 8.52. The van der Waals surface area contributed by atoms with Gasteiger partial charge < -0.3 is 20.1 Å². The number of rotatable bonds is 6. The largest absolute Gasteiger partial charge is 0.486 e. The third-order valence-corrected chi connectivity index (χ3v) is 5.00. The van der Waals surface area contributed by atoms with Gasteiger partial charge in [-0.15, -0.1) is 0 Å². The number of benzene rings is 2. The topological polar surface area (TPSA) is 76.7 Å². The van der Waals surface area contributed by atoms with Gasteiger partial charge in [0, 0.05) is 12.1 Å². The standard InChI is InChI=1S/C19H17Cl3N2O4/c20-13-2-1-12(9-14(13)21)19(26)24-10-17(25)23-4-3-11-7-15(22)18-16(8-11)27-5-6-28-18/h1-2,7-9H,3-6,10H2,(H,23,25)(H,24,26). The summed E-state index contributed by atoms with van der Waals surface area (Å²) in [5.74, 6) is 0.434. The maximum absolute atomic E-state index is 12.0. The van der Waals surface area contributed by atoms with Crippen LogP contribution in [0.4, 0.5) is 0 Å². The van der Waals surface area contributed by atoms with E-state index in [0.717, 1.165) is 5.56 Å². The molecule has 28 heavy (non-hydrogen) atoms. The third kappa shape index (κ3) is 5.22. The molecule has 2 N–H and O–H groups in total. The van der Waals surface area contributed by atoms with E-state index in [9.17, 15) is 9.59 Å². The molecule has 0 atom stereocenters. The molecule has 3 rings (SSSR count). The molecule has 1 aliphatic rings. The van der Waals surface area contributed by atoms with Gasteiger partial charge in [-0.3, -0.25) is 9.59 Å². The van der Waals surface area contributed by atoms with Gasteiger partial charge in [0.2, 0.25) is 5.91 Å². The molecule has 0 fully saturated rings. The molecule has 1 heterocycles. The van der Waals surface area contributed by atoms with Crippen LogP contribution in [0.2, 0.25) is 15.1 Å². The number of halogens is 3. The van der Waals surface area contributed by atoms with Crippen molar-refractivity contribution < 1.29 is 19.1 Å². The van der Waals surface area contributed by atoms with Crippen molar-refractivity contribution in [3.05, 3.63) is 56.5 Å². The number of hydrogen-bond acceptors (Lipinski definition) is 4. The molecule has 0 aliphatic carbocycles. The zero-order valence-electron chi connectivity index (χ0n) is 14.7. The van der Waals surface area contributed by atoms with E-state index in [4.69, 9.17) is 44.3 Å². The summed E-state index contributed by atoms with van der Waals surface area (Å²) in [5, 5.41) is 6.39. The number of amides is 2. The van der Waals surface area contributed by atoms with Crippen LogP contribution in [0.15, 0.2) is 30.3 Å². The highest BCUT2D eigenvalue weighted by Gasteiger charge is 2.16. The minimum Gasteiger partial charge on any atom is -0.486 e. The Balaban J connectivity index is 1.45. The first-order chi connectivity index (χ1) is 13.4. The van der Waals surface area contributed by atoms with Crippen molar-refractivity contribution in [2.75, 3.05) is 26.3 Å². The van der Waals surface area contributed by atoms with Gasteiger partial charge in [0.05, 0.1) is 21.6 Å². The summed E-state index contributed by atoms with van der Waals surface area (Å²) in [6.45, 7) is 1.18. The lowest BCUT2D eigenvalue weighted by molar-refractivity contribution is -0.120. The number of carbonyl (C=O) groups excluding carboxylic acids is 2. The lowest BCUT2D eigenvalue weighted by Gasteiger charge is -2.20. The van der Waals surface area contributed by atoms with Crippen LogP contribution in [0.5, 0.6) is 11.5 Å². The number of ether oxygens (including phenoxy) is 2. The van der Waals surface area contributed by atoms with Gasteiger partial charge in [-0.25, -0.2) is 0 Å². The second kappa shape index (κ2) is 9.37. The van der Waals surface area contributed by atoms with Gasteiger partial charge in [0.15, 0.2) is 11.5 Å². The fourth-order valence-electron chi connectivity index (χ4n) is 2.62. The average molecular weight is 444 g/mol. The lowest BCUT2D eigenvalue weighted by atomic mass is 10.1. The molecular weight excluding hydrogens is 427 g/mol. The van der Waals surface area contributed by atoms with Crippen molar-refractivity contribution in [1.29, 1.82) is 0 Å². The second-order valence-corrected chi connectivity index (χ2v) is 7.23. The number of carbonyl (C=O) groups is 2. The fraction of sp³-hybridized carbons (Fsp3) is 0.263. The molecule has 1 aliphatic heterocycles. The molecule has 6 nitrogen and oxygen atoms in total. The summed E-state index contributed by atoms with van der Waals surface area (Å²) < 4.78 is 11.0. The Labute approximate surface area is 177 Å². The van der Waals surface area contributed by atoms with E-state index in [-0.39, 0.29) is 17.5 Å². The Morgan fingerprint density at radius 1 is 0.929 bits per heavy atom. The lowest BCUT2D eigenvalue weighted by Crippen LogP contribution is -2.37. The zero-order chi connectivity index (χ0) is 20.1. The van der Waals surface area contributed by atoms with E-state index in [0.29, 0.717) is 53.3 Å². The van der Waals surface area contributed by atoms with Crippen LogP contribution in [0.3, 0.4) is 0 Å². The summed E-state index contributed by atoms with van der Waals surface area (Å²) >= 11 is 17.9. The van der Waals surface area contributed by atoms with Crippen LogP contribution < -0.4 is 20.1 Å². The molecule has 0 radical (unpaired) electrons. The van der Waals surface area contributed by atoms with Gasteiger partial charge in [-0.2, -0.15) is 0 Å². The van der Waals surface area contributed by atoms with Crippen LogP contribution >= 0.6 is 34.8 Å². The monoisotopic (exact) mass is 442 g/mol. The molecular formula is C19H17Cl3N2O4. The summed E-state index contributed by atoms with van der Waals surface area (Å²) in [7, 11) is 0. The Bertz CT molecular complexity index is 905. The van der Waals surface area contributed by atoms with Crippen molar-refractivity contribution in [2.45, 2.75) is 6.42 Å². The van der Waals surface area contributed by atoms with Crippen molar-refractivity contribution >= 4 is 46.6 Å². The molecule has 0 saturated carbocycles. The summed E-state index contributed by atoms with van der Waals surface area (Å²) in [4.78, 5) is 24.0. The Kier molecular flexibility index (Phi) is 6.88. The predicted molar refractivity (Wildman–Crippen MR) is 108 cm³/mol. The molecule has 2 aromatic carbocycles. The van der Waals surface area contributed by atoms with Gasteiger partial charge in [0.25, 0.3) is 5.91 Å². The van der Waals surface area contributed by atoms with Gasteiger partial charge in [-0.1, -0.05) is 34.8 Å². The SMILES string of the molecule is O=C(CNC(=O)c1ccc(Cl)c(Cl)c1)NCCc1cc(Cl)c2c(c1)OCCO2. The van der Waals surface area contributed by atoms with Gasteiger partial charge in [0.1, 0.15) is 13.2 Å². The van der Waals surface area contributed by atoms with E-state index >= 15 is 0 Å². The maximum atomic E-state index is 12.0. The smallest absolute Gasteiger partial charge is 0.251 e. The summed E-state index contributed by atoms with van der Waals surface area (Å²) in [6, 6.07) is 8.14. The predicted octanol–water partition coefficient (Wildman–Crippen LogP) is 3.51. The molecule has 2 amide bonds. The van der Waals surface area contributed by atoms with Crippen LogP contribution in [0.25, 0.3) is 0 Å². The highest BCUT2D eigenvalue weighted by molar-refractivity contribution is 6.42. The second-order valence-electron chi connectivity index (χ2n) is 6.01. The number of nitrogens with one attached hydrogen (secondary N) is 2. The van der Waals surface area contributed by atoms with Gasteiger partial charge >= 0.3 is 0 Å². The normalized spacial score (nSPS) is 12.4. The Hall–Kier alpha value is -2.15. The fourth-order valence-corrected chi connectivity index (χ4v) is 3.20. The Morgan fingerprint density at radius 2 is 1.71 bits per heavy atom. The van der Waals surface area contributed by atoms with Crippen LogP contribution in [0.1, 0.15) is 15.9 Å². The Morgan fingerprint density at radius 3 is 2.50 bits per heavy atom. The molecule has 2 aromatic rings. The molecule has 9 heteroatoms.